The van der Waals surface area contributed by atoms with Crippen molar-refractivity contribution in [3.05, 3.63) is 12.7 Å². The summed E-state index contributed by atoms with van der Waals surface area (Å²) in [6.45, 7) is 12.8. The van der Waals surface area contributed by atoms with Crippen LogP contribution >= 0.6 is 0 Å². The van der Waals surface area contributed by atoms with Crippen LogP contribution in [-0.4, -0.2) is 18.4 Å². The summed E-state index contributed by atoms with van der Waals surface area (Å²) in [4.78, 5) is 11.8. The van der Waals surface area contributed by atoms with E-state index in [1.807, 2.05) is 0 Å². The van der Waals surface area contributed by atoms with Crippen LogP contribution in [0.4, 0.5) is 4.79 Å². The number of rotatable bonds is 11. The minimum atomic E-state index is -0.558. The predicted molar refractivity (Wildman–Crippen MR) is 83.9 cm³/mol. The second kappa shape index (κ2) is 10.8. The molecule has 20 heavy (non-hydrogen) atoms. The van der Waals surface area contributed by atoms with Crippen molar-refractivity contribution in [1.82, 2.24) is 0 Å². The van der Waals surface area contributed by atoms with E-state index in [4.69, 9.17) is 9.47 Å². The van der Waals surface area contributed by atoms with Gasteiger partial charge in [0, 0.05) is 0 Å². The van der Waals surface area contributed by atoms with Gasteiger partial charge in [0.05, 0.1) is 6.61 Å². The van der Waals surface area contributed by atoms with Gasteiger partial charge in [-0.25, -0.2) is 4.79 Å². The molecule has 0 N–H and O–H groups in total. The third-order valence-electron chi connectivity index (χ3n) is 3.48. The van der Waals surface area contributed by atoms with E-state index in [2.05, 4.69) is 34.3 Å². The van der Waals surface area contributed by atoms with Gasteiger partial charge in [0.25, 0.3) is 0 Å². The zero-order valence-electron chi connectivity index (χ0n) is 13.7. The summed E-state index contributed by atoms with van der Waals surface area (Å²) in [6.07, 6.45) is 7.93. The van der Waals surface area contributed by atoms with Crippen LogP contribution in [0.25, 0.3) is 0 Å². The lowest BCUT2D eigenvalue weighted by Crippen LogP contribution is -2.33. The summed E-state index contributed by atoms with van der Waals surface area (Å²) >= 11 is 0. The molecular weight excluding hydrogens is 252 g/mol. The summed E-state index contributed by atoms with van der Waals surface area (Å²) in [6, 6.07) is 0. The lowest BCUT2D eigenvalue weighted by Gasteiger charge is -2.30. The Bertz CT molecular complexity index is 263. The number of hydrogen-bond donors (Lipinski definition) is 0. The quantitative estimate of drug-likeness (QED) is 0.371. The smallest absolute Gasteiger partial charge is 0.434 e. The minimum Gasteiger partial charge on any atom is -0.434 e. The molecule has 0 bridgehead atoms. The Morgan fingerprint density at radius 1 is 1.20 bits per heavy atom. The average molecular weight is 284 g/mol. The van der Waals surface area contributed by atoms with Gasteiger partial charge in [-0.05, 0) is 44.1 Å². The van der Waals surface area contributed by atoms with Gasteiger partial charge >= 0.3 is 6.16 Å². The highest BCUT2D eigenvalue weighted by Gasteiger charge is 2.30. The Labute approximate surface area is 124 Å². The van der Waals surface area contributed by atoms with E-state index >= 15 is 0 Å². The number of ether oxygens (including phenoxy) is 2. The van der Waals surface area contributed by atoms with Crippen LogP contribution in [0.15, 0.2) is 12.7 Å². The average Bonchev–Trinajstić information content (AvgIpc) is 2.41. The topological polar surface area (TPSA) is 35.5 Å². The number of hydrogen-bond acceptors (Lipinski definition) is 3. The molecule has 0 rings (SSSR count). The van der Waals surface area contributed by atoms with Gasteiger partial charge in [0.2, 0.25) is 0 Å². The maximum Gasteiger partial charge on any atom is 0.509 e. The molecule has 118 valence electrons. The van der Waals surface area contributed by atoms with Crippen molar-refractivity contribution in [1.29, 1.82) is 0 Å². The van der Waals surface area contributed by atoms with Gasteiger partial charge < -0.3 is 9.47 Å². The summed E-state index contributed by atoms with van der Waals surface area (Å²) < 4.78 is 10.8. The van der Waals surface area contributed by atoms with Crippen molar-refractivity contribution >= 4 is 6.16 Å². The normalized spacial score (nSPS) is 11.4. The molecule has 0 aromatic rings. The zero-order chi connectivity index (χ0) is 15.4. The highest BCUT2D eigenvalue weighted by atomic mass is 16.7. The zero-order valence-corrected chi connectivity index (χ0v) is 13.7. The second-order valence-corrected chi connectivity index (χ2v) is 5.86. The molecule has 3 heteroatoms. The minimum absolute atomic E-state index is 0.422. The van der Waals surface area contributed by atoms with E-state index in [0.717, 1.165) is 44.9 Å². The van der Waals surface area contributed by atoms with Crippen LogP contribution < -0.4 is 0 Å². The highest BCUT2D eigenvalue weighted by molar-refractivity contribution is 5.60. The fourth-order valence-electron chi connectivity index (χ4n) is 2.00. The summed E-state index contributed by atoms with van der Waals surface area (Å²) in [7, 11) is 0. The molecule has 0 atom stereocenters. The van der Waals surface area contributed by atoms with E-state index in [1.54, 1.807) is 6.08 Å². The first-order valence-corrected chi connectivity index (χ1v) is 7.99. The summed E-state index contributed by atoms with van der Waals surface area (Å²) in [5.74, 6) is 0.521. The van der Waals surface area contributed by atoms with Gasteiger partial charge in [0.15, 0.2) is 0 Å². The largest absolute Gasteiger partial charge is 0.509 e. The first-order chi connectivity index (χ1) is 9.49. The van der Waals surface area contributed by atoms with Gasteiger partial charge in [-0.3, -0.25) is 0 Å². The molecule has 0 heterocycles. The van der Waals surface area contributed by atoms with Crippen LogP contribution in [0.1, 0.15) is 72.6 Å². The van der Waals surface area contributed by atoms with E-state index in [1.165, 1.54) is 0 Å². The second-order valence-electron chi connectivity index (χ2n) is 5.86. The van der Waals surface area contributed by atoms with Crippen molar-refractivity contribution < 1.29 is 14.3 Å². The van der Waals surface area contributed by atoms with Crippen molar-refractivity contribution in [3.63, 3.8) is 0 Å². The molecule has 0 spiro atoms. The van der Waals surface area contributed by atoms with E-state index < -0.39 is 11.8 Å². The SMILES string of the molecule is C=CC(CCCC)(CCCC)OC(=O)OCCC(C)C. The van der Waals surface area contributed by atoms with Gasteiger partial charge in [-0.1, -0.05) is 47.1 Å². The Balaban J connectivity index is 4.44. The summed E-state index contributed by atoms with van der Waals surface area (Å²) in [5.41, 5.74) is -0.555. The maximum atomic E-state index is 11.8. The molecule has 0 aromatic heterocycles. The number of carbonyl (C=O) groups is 1. The standard InChI is InChI=1S/C17H32O3/c1-6-9-12-17(8-3,13-10-7-2)20-16(18)19-14-11-15(4)5/h8,15H,3,6-7,9-14H2,1-2,4-5H3. The first-order valence-electron chi connectivity index (χ1n) is 7.99. The van der Waals surface area contributed by atoms with Crippen molar-refractivity contribution in [2.24, 2.45) is 5.92 Å². The van der Waals surface area contributed by atoms with Crippen molar-refractivity contribution in [2.45, 2.75) is 78.2 Å². The number of unbranched alkanes of at least 4 members (excludes halogenated alkanes) is 2. The van der Waals surface area contributed by atoms with Crippen LogP contribution in [0, 0.1) is 5.92 Å². The monoisotopic (exact) mass is 284 g/mol. The van der Waals surface area contributed by atoms with Crippen molar-refractivity contribution in [2.75, 3.05) is 6.61 Å². The van der Waals surface area contributed by atoms with Crippen LogP contribution in [-0.2, 0) is 9.47 Å². The molecule has 0 fully saturated rings. The van der Waals surface area contributed by atoms with Crippen LogP contribution in [0.5, 0.6) is 0 Å². The van der Waals surface area contributed by atoms with Crippen LogP contribution in [0.3, 0.4) is 0 Å². The lowest BCUT2D eigenvalue weighted by molar-refractivity contribution is -0.0215. The Morgan fingerprint density at radius 3 is 2.15 bits per heavy atom. The predicted octanol–water partition coefficient (Wildman–Crippen LogP) is 5.49. The lowest BCUT2D eigenvalue weighted by atomic mass is 9.91. The molecule has 0 amide bonds. The number of carbonyl (C=O) groups excluding carboxylic acids is 1. The first kappa shape index (κ1) is 19.0. The maximum absolute atomic E-state index is 11.8. The molecule has 0 saturated heterocycles. The van der Waals surface area contributed by atoms with E-state index in [0.29, 0.717) is 12.5 Å². The molecule has 0 aromatic carbocycles. The Hall–Kier alpha value is -0.990. The molecule has 0 unspecified atom stereocenters. The summed E-state index contributed by atoms with van der Waals surface area (Å²) in [5, 5.41) is 0. The molecular formula is C17H32O3. The fraction of sp³-hybridized carbons (Fsp3) is 0.824. The fourth-order valence-corrected chi connectivity index (χ4v) is 2.00. The third-order valence-corrected chi connectivity index (χ3v) is 3.48. The molecule has 0 aliphatic carbocycles. The Morgan fingerprint density at radius 2 is 1.75 bits per heavy atom. The molecule has 3 nitrogen and oxygen atoms in total. The van der Waals surface area contributed by atoms with Crippen molar-refractivity contribution in [3.8, 4) is 0 Å². The molecule has 0 aliphatic rings. The van der Waals surface area contributed by atoms with Gasteiger partial charge in [0.1, 0.15) is 5.60 Å². The molecule has 0 radical (unpaired) electrons. The Kier molecular flexibility index (Phi) is 10.2. The van der Waals surface area contributed by atoms with Gasteiger partial charge in [-0.15, -0.1) is 0 Å². The highest BCUT2D eigenvalue weighted by Crippen LogP contribution is 2.28. The van der Waals surface area contributed by atoms with E-state index in [9.17, 15) is 4.79 Å². The van der Waals surface area contributed by atoms with Crippen LogP contribution in [0.2, 0.25) is 0 Å². The molecule has 0 aliphatic heterocycles. The molecule has 0 saturated carbocycles. The third kappa shape index (κ3) is 8.23. The van der Waals surface area contributed by atoms with E-state index in [-0.39, 0.29) is 0 Å². The van der Waals surface area contributed by atoms with Gasteiger partial charge in [-0.2, -0.15) is 0 Å².